The highest BCUT2D eigenvalue weighted by molar-refractivity contribution is 5.64. The summed E-state index contributed by atoms with van der Waals surface area (Å²) in [7, 11) is 0. The maximum absolute atomic E-state index is 14.5. The molecule has 1 aromatic heterocycles. The first-order chi connectivity index (χ1) is 14.6. The maximum atomic E-state index is 14.5. The lowest BCUT2D eigenvalue weighted by Crippen LogP contribution is -1.98. The van der Waals surface area contributed by atoms with Crippen molar-refractivity contribution in [3.8, 4) is 11.1 Å². The molecule has 2 nitrogen and oxygen atoms in total. The molecule has 0 saturated carbocycles. The normalized spacial score (nSPS) is 11.1. The zero-order valence-corrected chi connectivity index (χ0v) is 17.3. The van der Waals surface area contributed by atoms with Gasteiger partial charge in [0.2, 0.25) is 0 Å². The Morgan fingerprint density at radius 3 is 2.07 bits per heavy atom. The van der Waals surface area contributed by atoms with Gasteiger partial charge in [-0.2, -0.15) is 0 Å². The van der Waals surface area contributed by atoms with E-state index < -0.39 is 17.5 Å². The predicted molar refractivity (Wildman–Crippen MR) is 114 cm³/mol. The first-order valence-corrected chi connectivity index (χ1v) is 10.6. The number of rotatable bonds is 10. The zero-order chi connectivity index (χ0) is 21.3. The minimum Gasteiger partial charge on any atom is -0.241 e. The third-order valence-corrected chi connectivity index (χ3v) is 5.21. The van der Waals surface area contributed by atoms with Crippen molar-refractivity contribution in [2.24, 2.45) is 0 Å². The third-order valence-electron chi connectivity index (χ3n) is 5.21. The summed E-state index contributed by atoms with van der Waals surface area (Å²) in [6.45, 7) is 2.19. The Hall–Kier alpha value is -2.69. The van der Waals surface area contributed by atoms with E-state index in [-0.39, 0.29) is 5.56 Å². The lowest BCUT2D eigenvalue weighted by molar-refractivity contribution is 0.509. The molecule has 0 N–H and O–H groups in total. The SMILES string of the molecule is CCCCCc1cnc(CCCCc2ccc(-c3ccc(F)c(F)c3)c(F)c2)nc1. The molecule has 5 heteroatoms. The Labute approximate surface area is 176 Å². The smallest absolute Gasteiger partial charge is 0.159 e. The van der Waals surface area contributed by atoms with Crippen LogP contribution in [0.2, 0.25) is 0 Å². The van der Waals surface area contributed by atoms with Gasteiger partial charge in [0.25, 0.3) is 0 Å². The monoisotopic (exact) mass is 412 g/mol. The van der Waals surface area contributed by atoms with Gasteiger partial charge in [-0.25, -0.2) is 23.1 Å². The summed E-state index contributed by atoms with van der Waals surface area (Å²) in [6.07, 6.45) is 11.8. The molecule has 3 aromatic rings. The molecule has 0 fully saturated rings. The maximum Gasteiger partial charge on any atom is 0.159 e. The number of unbranched alkanes of at least 4 members (excludes halogenated alkanes) is 3. The van der Waals surface area contributed by atoms with E-state index in [0.717, 1.165) is 55.6 Å². The minimum absolute atomic E-state index is 0.269. The first kappa shape index (κ1) is 22.0. The molecule has 0 aliphatic rings. The number of benzene rings is 2. The zero-order valence-electron chi connectivity index (χ0n) is 17.3. The Bertz CT molecular complexity index is 955. The molecule has 0 aliphatic heterocycles. The quantitative estimate of drug-likeness (QED) is 0.340. The second-order valence-electron chi connectivity index (χ2n) is 7.61. The van der Waals surface area contributed by atoms with Crippen LogP contribution in [0.1, 0.15) is 56.0 Å². The molecule has 158 valence electrons. The number of hydrogen-bond donors (Lipinski definition) is 0. The molecule has 0 aliphatic carbocycles. The van der Waals surface area contributed by atoms with Gasteiger partial charge < -0.3 is 0 Å². The molecule has 0 spiro atoms. The Balaban J connectivity index is 1.48. The van der Waals surface area contributed by atoms with Crippen LogP contribution in [0.3, 0.4) is 0 Å². The van der Waals surface area contributed by atoms with Crippen LogP contribution in [0.25, 0.3) is 11.1 Å². The summed E-state index contributed by atoms with van der Waals surface area (Å²) in [5.74, 6) is -1.51. The van der Waals surface area contributed by atoms with Gasteiger partial charge in [-0.05, 0) is 67.0 Å². The highest BCUT2D eigenvalue weighted by Gasteiger charge is 2.10. The molecule has 0 saturated heterocycles. The molecule has 3 rings (SSSR count). The van der Waals surface area contributed by atoms with Gasteiger partial charge in [0.1, 0.15) is 11.6 Å². The molecule has 0 amide bonds. The third kappa shape index (κ3) is 6.15. The predicted octanol–water partition coefficient (Wildman–Crippen LogP) is 6.86. The molecule has 0 unspecified atom stereocenters. The fourth-order valence-electron chi connectivity index (χ4n) is 3.44. The van der Waals surface area contributed by atoms with Gasteiger partial charge in [0.05, 0.1) is 0 Å². The van der Waals surface area contributed by atoms with Crippen molar-refractivity contribution in [3.63, 3.8) is 0 Å². The van der Waals surface area contributed by atoms with E-state index in [0.29, 0.717) is 5.56 Å². The van der Waals surface area contributed by atoms with Crippen LogP contribution in [0.5, 0.6) is 0 Å². The Morgan fingerprint density at radius 2 is 1.37 bits per heavy atom. The second kappa shape index (κ2) is 10.9. The highest BCUT2D eigenvalue weighted by Crippen LogP contribution is 2.25. The summed E-state index contributed by atoms with van der Waals surface area (Å²) in [4.78, 5) is 8.89. The van der Waals surface area contributed by atoms with E-state index in [2.05, 4.69) is 16.9 Å². The largest absolute Gasteiger partial charge is 0.241 e. The average molecular weight is 412 g/mol. The number of hydrogen-bond acceptors (Lipinski definition) is 2. The van der Waals surface area contributed by atoms with E-state index in [1.54, 1.807) is 6.07 Å². The van der Waals surface area contributed by atoms with Crippen molar-refractivity contribution in [1.82, 2.24) is 9.97 Å². The van der Waals surface area contributed by atoms with Gasteiger partial charge >= 0.3 is 0 Å². The number of nitrogens with zero attached hydrogens (tertiary/aromatic N) is 2. The van der Waals surface area contributed by atoms with Crippen molar-refractivity contribution < 1.29 is 13.2 Å². The lowest BCUT2D eigenvalue weighted by Gasteiger charge is -2.07. The van der Waals surface area contributed by atoms with Gasteiger partial charge in [-0.1, -0.05) is 38.0 Å². The van der Waals surface area contributed by atoms with Crippen LogP contribution >= 0.6 is 0 Å². The van der Waals surface area contributed by atoms with Gasteiger partial charge in [-0.15, -0.1) is 0 Å². The van der Waals surface area contributed by atoms with Crippen LogP contribution < -0.4 is 0 Å². The lowest BCUT2D eigenvalue weighted by atomic mass is 10.0. The summed E-state index contributed by atoms with van der Waals surface area (Å²) in [6, 6.07) is 8.34. The summed E-state index contributed by atoms with van der Waals surface area (Å²) in [5, 5.41) is 0. The Morgan fingerprint density at radius 1 is 0.667 bits per heavy atom. The minimum atomic E-state index is -0.979. The van der Waals surface area contributed by atoms with Crippen molar-refractivity contribution >= 4 is 0 Å². The molecule has 30 heavy (non-hydrogen) atoms. The first-order valence-electron chi connectivity index (χ1n) is 10.6. The average Bonchev–Trinajstić information content (AvgIpc) is 2.75. The van der Waals surface area contributed by atoms with Crippen LogP contribution in [-0.2, 0) is 19.3 Å². The van der Waals surface area contributed by atoms with Gasteiger partial charge in [0.15, 0.2) is 11.6 Å². The molecule has 1 heterocycles. The number of aryl methyl sites for hydroxylation is 3. The van der Waals surface area contributed by atoms with E-state index in [9.17, 15) is 13.2 Å². The summed E-state index contributed by atoms with van der Waals surface area (Å²) in [5.41, 5.74) is 2.66. The number of aromatic nitrogens is 2. The van der Waals surface area contributed by atoms with Gasteiger partial charge in [0, 0.05) is 24.4 Å². The summed E-state index contributed by atoms with van der Waals surface area (Å²) < 4.78 is 40.9. The van der Waals surface area contributed by atoms with Crippen LogP contribution in [0.15, 0.2) is 48.8 Å². The molecular formula is C25H27F3N2. The van der Waals surface area contributed by atoms with Crippen LogP contribution in [0, 0.1) is 17.5 Å². The number of halogens is 3. The van der Waals surface area contributed by atoms with Crippen molar-refractivity contribution in [3.05, 3.63) is 83.2 Å². The van der Waals surface area contributed by atoms with Gasteiger partial charge in [-0.3, -0.25) is 0 Å². The fraction of sp³-hybridized carbons (Fsp3) is 0.360. The van der Waals surface area contributed by atoms with Crippen molar-refractivity contribution in [2.45, 2.75) is 58.3 Å². The Kier molecular flexibility index (Phi) is 8.00. The molecule has 2 aromatic carbocycles. The van der Waals surface area contributed by atoms with Crippen LogP contribution in [-0.4, -0.2) is 9.97 Å². The van der Waals surface area contributed by atoms with Crippen molar-refractivity contribution in [1.29, 1.82) is 0 Å². The molecule has 0 bridgehead atoms. The highest BCUT2D eigenvalue weighted by atomic mass is 19.2. The summed E-state index contributed by atoms with van der Waals surface area (Å²) >= 11 is 0. The standard InChI is InChI=1S/C25H27F3N2/c1-2-3-4-8-19-16-29-25(30-17-19)9-6-5-7-18-10-12-21(23(27)14-18)20-11-13-22(26)24(28)15-20/h10-17H,2-9H2,1H3. The molecule has 0 radical (unpaired) electrons. The van der Waals surface area contributed by atoms with E-state index in [4.69, 9.17) is 0 Å². The molecular weight excluding hydrogens is 385 g/mol. The van der Waals surface area contributed by atoms with E-state index in [1.165, 1.54) is 37.0 Å². The van der Waals surface area contributed by atoms with E-state index in [1.807, 2.05) is 18.5 Å². The molecule has 0 atom stereocenters. The topological polar surface area (TPSA) is 25.8 Å². The van der Waals surface area contributed by atoms with E-state index >= 15 is 0 Å². The fourth-order valence-corrected chi connectivity index (χ4v) is 3.44. The van der Waals surface area contributed by atoms with Crippen LogP contribution in [0.4, 0.5) is 13.2 Å². The van der Waals surface area contributed by atoms with Crippen molar-refractivity contribution in [2.75, 3.05) is 0 Å². The second-order valence-corrected chi connectivity index (χ2v) is 7.61.